The lowest BCUT2D eigenvalue weighted by molar-refractivity contribution is -0.288. The molecule has 14 heteroatoms. The number of carbonyl (C=O) groups excluding carboxylic acids is 4. The Hall–Kier alpha value is -5.66. The van der Waals surface area contributed by atoms with Gasteiger partial charge in [-0.1, -0.05) is 48.5 Å². The maximum Gasteiger partial charge on any atom is 0.411 e. The fourth-order valence-corrected chi connectivity index (χ4v) is 5.37. The molecule has 0 aliphatic carbocycles. The van der Waals surface area contributed by atoms with Gasteiger partial charge in [0.05, 0.1) is 0 Å². The summed E-state index contributed by atoms with van der Waals surface area (Å²) < 4.78 is 105. The standard InChI is InChI=1S/C21H18F6O4.C18H18O4/c1-11-9-15(5-7-17(11)30-13(3)28)19(20(22,23)24,21(25,26)27)16-6-8-18(12(2)10-16)31-14(4)29;1-11-5-7-15(9-17(11)21-13(3)19)16-8-6-12(2)18(10-16)22-14(4)20/h5-10H,1-4H3;5-10H,1-4H3. The number of halogens is 6. The minimum atomic E-state index is -5.78. The van der Waals surface area contributed by atoms with Gasteiger partial charge in [0.1, 0.15) is 23.0 Å². The van der Waals surface area contributed by atoms with Crippen molar-refractivity contribution in [3.8, 4) is 34.1 Å². The van der Waals surface area contributed by atoms with Crippen molar-refractivity contribution in [2.75, 3.05) is 0 Å². The van der Waals surface area contributed by atoms with Crippen LogP contribution in [-0.2, 0) is 24.6 Å². The van der Waals surface area contributed by atoms with Gasteiger partial charge in [0.25, 0.3) is 0 Å². The van der Waals surface area contributed by atoms with E-state index in [2.05, 4.69) is 0 Å². The summed E-state index contributed by atoms with van der Waals surface area (Å²) in [5, 5.41) is 0. The smallest absolute Gasteiger partial charge is 0.411 e. The number of rotatable bonds is 7. The summed E-state index contributed by atoms with van der Waals surface area (Å²) in [6.45, 7) is 11.1. The fraction of sp³-hybridized carbons (Fsp3) is 0.282. The van der Waals surface area contributed by atoms with Crippen molar-refractivity contribution in [1.82, 2.24) is 0 Å². The highest BCUT2D eigenvalue weighted by atomic mass is 19.4. The summed E-state index contributed by atoms with van der Waals surface area (Å²) in [5.41, 5.74) is -3.21. The van der Waals surface area contributed by atoms with Gasteiger partial charge in [0.15, 0.2) is 0 Å². The van der Waals surface area contributed by atoms with Gasteiger partial charge >= 0.3 is 36.2 Å². The first-order valence-corrected chi connectivity index (χ1v) is 15.8. The van der Waals surface area contributed by atoms with Crippen molar-refractivity contribution < 1.29 is 64.5 Å². The number of aryl methyl sites for hydroxylation is 4. The lowest BCUT2D eigenvalue weighted by atomic mass is 9.72. The lowest BCUT2D eigenvalue weighted by Gasteiger charge is -2.38. The first-order chi connectivity index (χ1) is 24.5. The molecule has 0 saturated heterocycles. The number of esters is 4. The van der Waals surface area contributed by atoms with E-state index < -0.39 is 40.8 Å². The first kappa shape index (κ1) is 41.8. The Morgan fingerprint density at radius 2 is 0.717 bits per heavy atom. The van der Waals surface area contributed by atoms with E-state index in [9.17, 15) is 45.5 Å². The summed E-state index contributed by atoms with van der Waals surface area (Å²) in [5.74, 6) is -1.52. The van der Waals surface area contributed by atoms with E-state index >= 15 is 0 Å². The molecule has 4 rings (SSSR count). The van der Waals surface area contributed by atoms with Crippen LogP contribution in [0, 0.1) is 27.7 Å². The van der Waals surface area contributed by atoms with E-state index in [0.717, 1.165) is 48.2 Å². The van der Waals surface area contributed by atoms with Crippen molar-refractivity contribution in [3.05, 3.63) is 106 Å². The maximum absolute atomic E-state index is 14.2. The molecule has 0 N–H and O–H groups in total. The largest absolute Gasteiger partial charge is 0.426 e. The Labute approximate surface area is 301 Å². The Bertz CT molecular complexity index is 1890. The Morgan fingerprint density at radius 1 is 0.415 bits per heavy atom. The monoisotopic (exact) mass is 746 g/mol. The molecule has 0 unspecified atom stereocenters. The molecule has 0 aliphatic heterocycles. The number of alkyl halides is 6. The highest BCUT2D eigenvalue weighted by Crippen LogP contribution is 2.57. The molecule has 53 heavy (non-hydrogen) atoms. The number of hydrogen-bond acceptors (Lipinski definition) is 8. The molecule has 4 aromatic rings. The second kappa shape index (κ2) is 16.3. The third-order valence-electron chi connectivity index (χ3n) is 7.79. The van der Waals surface area contributed by atoms with Crippen molar-refractivity contribution >= 4 is 23.9 Å². The molecule has 0 heterocycles. The Balaban J connectivity index is 0.000000302. The van der Waals surface area contributed by atoms with Crippen LogP contribution < -0.4 is 18.9 Å². The van der Waals surface area contributed by atoms with Crippen LogP contribution in [0.25, 0.3) is 11.1 Å². The van der Waals surface area contributed by atoms with Crippen molar-refractivity contribution in [1.29, 1.82) is 0 Å². The maximum atomic E-state index is 14.2. The van der Waals surface area contributed by atoms with Gasteiger partial charge in [-0.3, -0.25) is 19.2 Å². The lowest BCUT2D eigenvalue weighted by Crippen LogP contribution is -2.54. The molecular weight excluding hydrogens is 710 g/mol. The molecule has 0 radical (unpaired) electrons. The second-order valence-electron chi connectivity index (χ2n) is 12.0. The van der Waals surface area contributed by atoms with E-state index in [-0.39, 0.29) is 34.6 Å². The molecule has 0 amide bonds. The van der Waals surface area contributed by atoms with Gasteiger partial charge in [-0.25, -0.2) is 0 Å². The van der Waals surface area contributed by atoms with Crippen molar-refractivity contribution in [2.45, 2.75) is 73.2 Å². The summed E-state index contributed by atoms with van der Waals surface area (Å²) >= 11 is 0. The first-order valence-electron chi connectivity index (χ1n) is 15.8. The SMILES string of the molecule is CC(=O)Oc1cc(-c2ccc(C)c(OC(C)=O)c2)ccc1C.CC(=O)Oc1ccc(C(c2ccc(OC(C)=O)c(C)c2)(C(F)(F)F)C(F)(F)F)cc1C. The molecule has 4 aromatic carbocycles. The minimum absolute atomic E-state index is 0.0844. The predicted octanol–water partition coefficient (Wildman–Crippen LogP) is 9.39. The molecular formula is C39H36F6O8. The summed E-state index contributed by atoms with van der Waals surface area (Å²) in [7, 11) is 0. The molecule has 0 fully saturated rings. The van der Waals surface area contributed by atoms with Crippen LogP contribution in [0.4, 0.5) is 26.3 Å². The minimum Gasteiger partial charge on any atom is -0.426 e. The quantitative estimate of drug-likeness (QED) is 0.105. The molecule has 282 valence electrons. The zero-order chi connectivity index (χ0) is 40.1. The third-order valence-corrected chi connectivity index (χ3v) is 7.79. The van der Waals surface area contributed by atoms with Crippen LogP contribution in [0.3, 0.4) is 0 Å². The van der Waals surface area contributed by atoms with E-state index in [4.69, 9.17) is 18.9 Å². The van der Waals surface area contributed by atoms with Gasteiger partial charge in [-0.2, -0.15) is 26.3 Å². The van der Waals surface area contributed by atoms with Crippen LogP contribution in [0.15, 0.2) is 72.8 Å². The van der Waals surface area contributed by atoms with E-state index in [1.54, 1.807) is 12.1 Å². The van der Waals surface area contributed by atoms with Crippen LogP contribution in [0.1, 0.15) is 61.1 Å². The highest BCUT2D eigenvalue weighted by molar-refractivity contribution is 5.75. The van der Waals surface area contributed by atoms with E-state index in [1.807, 2.05) is 38.1 Å². The summed E-state index contributed by atoms with van der Waals surface area (Å²) in [4.78, 5) is 44.5. The van der Waals surface area contributed by atoms with Gasteiger partial charge in [-0.15, -0.1) is 0 Å². The van der Waals surface area contributed by atoms with Gasteiger partial charge in [0.2, 0.25) is 5.41 Å². The predicted molar refractivity (Wildman–Crippen MR) is 182 cm³/mol. The number of carbonyl (C=O) groups is 4. The van der Waals surface area contributed by atoms with Crippen molar-refractivity contribution in [3.63, 3.8) is 0 Å². The fourth-order valence-electron chi connectivity index (χ4n) is 5.37. The van der Waals surface area contributed by atoms with E-state index in [0.29, 0.717) is 35.8 Å². The van der Waals surface area contributed by atoms with Crippen LogP contribution in [0.5, 0.6) is 23.0 Å². The van der Waals surface area contributed by atoms with Gasteiger partial charge in [0, 0.05) is 27.7 Å². The average Bonchev–Trinajstić information content (AvgIpc) is 3.00. The Morgan fingerprint density at radius 3 is 0.981 bits per heavy atom. The van der Waals surface area contributed by atoms with Gasteiger partial charge in [-0.05, 0) is 96.5 Å². The number of benzene rings is 4. The van der Waals surface area contributed by atoms with Crippen molar-refractivity contribution in [2.24, 2.45) is 0 Å². The normalized spacial score (nSPS) is 11.5. The summed E-state index contributed by atoms with van der Waals surface area (Å²) in [6.07, 6.45) is -11.6. The molecule has 8 nitrogen and oxygen atoms in total. The Kier molecular flexibility index (Phi) is 12.9. The van der Waals surface area contributed by atoms with E-state index in [1.165, 1.54) is 27.7 Å². The molecule has 0 spiro atoms. The van der Waals surface area contributed by atoms with Crippen LogP contribution >= 0.6 is 0 Å². The molecule has 0 aliphatic rings. The molecule has 0 aromatic heterocycles. The van der Waals surface area contributed by atoms with Crippen LogP contribution in [-0.4, -0.2) is 36.2 Å². The number of ether oxygens (including phenoxy) is 4. The zero-order valence-corrected chi connectivity index (χ0v) is 30.0. The molecule has 0 bridgehead atoms. The van der Waals surface area contributed by atoms with Crippen LogP contribution in [0.2, 0.25) is 0 Å². The highest BCUT2D eigenvalue weighted by Gasteiger charge is 2.72. The third kappa shape index (κ3) is 9.82. The van der Waals surface area contributed by atoms with Gasteiger partial charge < -0.3 is 18.9 Å². The summed E-state index contributed by atoms with van der Waals surface area (Å²) in [6, 6.07) is 15.7. The molecule has 0 saturated carbocycles. The second-order valence-corrected chi connectivity index (χ2v) is 12.0. The molecule has 0 atom stereocenters. The topological polar surface area (TPSA) is 105 Å². The zero-order valence-electron chi connectivity index (χ0n) is 30.0. The number of hydrogen-bond donors (Lipinski definition) is 0. The average molecular weight is 747 g/mol.